The zero-order valence-electron chi connectivity index (χ0n) is 30.2. The van der Waals surface area contributed by atoms with Crippen molar-refractivity contribution in [2.75, 3.05) is 14.2 Å². The lowest BCUT2D eigenvalue weighted by Crippen LogP contribution is -2.45. The number of cyclic esters (lactones) is 1. The Morgan fingerprint density at radius 1 is 1.04 bits per heavy atom. The summed E-state index contributed by atoms with van der Waals surface area (Å²) in [5.41, 5.74) is 1.63. The molecule has 0 saturated heterocycles. The van der Waals surface area contributed by atoms with Crippen LogP contribution >= 0.6 is 0 Å². The lowest BCUT2D eigenvalue weighted by molar-refractivity contribution is -0.162. The van der Waals surface area contributed by atoms with Gasteiger partial charge in [0.2, 0.25) is 5.76 Å². The predicted octanol–water partition coefficient (Wildman–Crippen LogP) is 5.26. The van der Waals surface area contributed by atoms with E-state index in [1.165, 1.54) is 26.4 Å². The van der Waals surface area contributed by atoms with Crippen LogP contribution in [0.4, 0.5) is 0 Å². The molecule has 0 amide bonds. The monoisotopic (exact) mass is 660 g/mol. The van der Waals surface area contributed by atoms with Gasteiger partial charge in [0.05, 0.1) is 31.5 Å². The maximum Gasteiger partial charge on any atom is 0.373 e. The fraction of sp³-hybridized carbons (Fsp3) is 0.632. The largest absolute Gasteiger partial charge is 0.490 e. The Hall–Kier alpha value is -2.82. The third-order valence-electron chi connectivity index (χ3n) is 9.18. The van der Waals surface area contributed by atoms with Crippen LogP contribution in [-0.4, -0.2) is 83.0 Å². The first kappa shape index (κ1) is 42.2. The van der Waals surface area contributed by atoms with Gasteiger partial charge in [-0.15, -0.1) is 0 Å². The van der Waals surface area contributed by atoms with E-state index in [4.69, 9.17) is 14.2 Å². The molecule has 1 aliphatic heterocycles. The summed E-state index contributed by atoms with van der Waals surface area (Å²) in [6.07, 6.45) is 10.3. The maximum absolute atomic E-state index is 13.5. The molecule has 9 heteroatoms. The number of carbonyl (C=O) groups is 2. The highest BCUT2D eigenvalue weighted by Crippen LogP contribution is 2.28. The summed E-state index contributed by atoms with van der Waals surface area (Å²) in [6.45, 7) is 16.2. The van der Waals surface area contributed by atoms with Gasteiger partial charge >= 0.3 is 5.97 Å². The van der Waals surface area contributed by atoms with Gasteiger partial charge in [-0.3, -0.25) is 4.79 Å². The van der Waals surface area contributed by atoms with Gasteiger partial charge in [-0.2, -0.15) is 0 Å². The lowest BCUT2D eigenvalue weighted by Gasteiger charge is -2.33. The lowest BCUT2D eigenvalue weighted by atomic mass is 9.81. The summed E-state index contributed by atoms with van der Waals surface area (Å²) in [5, 5.41) is 43.6. The molecule has 0 unspecified atom stereocenters. The fourth-order valence-corrected chi connectivity index (χ4v) is 5.87. The SMILES string of the molecule is C/C=C/[C@@H](O)[C@@H](C)/C=C/C(=O)[C@@H](C)[C@H](O)[C@H](C)[C@H]1OC(=O)C(OC)=CC(C)=C[C@@H](C)[C@@H](O)[C@@H](C)[C@@H](O)[C@H](C)CC(C)=CC=C[C@@H]1OC. The Kier molecular flexibility index (Phi) is 18.4. The summed E-state index contributed by atoms with van der Waals surface area (Å²) < 4.78 is 17.1. The first-order valence-electron chi connectivity index (χ1n) is 16.6. The molecule has 0 aliphatic carbocycles. The average molecular weight is 661 g/mol. The van der Waals surface area contributed by atoms with E-state index >= 15 is 0 Å². The Morgan fingerprint density at radius 3 is 2.26 bits per heavy atom. The van der Waals surface area contributed by atoms with Gasteiger partial charge in [-0.25, -0.2) is 4.79 Å². The molecule has 1 heterocycles. The molecule has 0 aromatic heterocycles. The quantitative estimate of drug-likeness (QED) is 0.140. The van der Waals surface area contributed by atoms with Crippen molar-refractivity contribution >= 4 is 11.8 Å². The second kappa shape index (κ2) is 20.5. The molecule has 0 bridgehead atoms. The van der Waals surface area contributed by atoms with Gasteiger partial charge in [-0.05, 0) is 45.3 Å². The minimum absolute atomic E-state index is 0.0924. The van der Waals surface area contributed by atoms with Crippen LogP contribution in [0.5, 0.6) is 0 Å². The highest BCUT2D eigenvalue weighted by atomic mass is 16.6. The van der Waals surface area contributed by atoms with Gasteiger partial charge in [-0.1, -0.05) is 95.2 Å². The summed E-state index contributed by atoms with van der Waals surface area (Å²) in [5.74, 6) is -3.99. The van der Waals surface area contributed by atoms with Gasteiger partial charge in [0, 0.05) is 36.7 Å². The zero-order valence-corrected chi connectivity index (χ0v) is 30.2. The highest BCUT2D eigenvalue weighted by Gasteiger charge is 2.38. The second-order valence-corrected chi connectivity index (χ2v) is 13.2. The Balaban J connectivity index is 3.56. The molecule has 0 fully saturated rings. The highest BCUT2D eigenvalue weighted by molar-refractivity contribution is 5.92. The van der Waals surface area contributed by atoms with Gasteiger partial charge in [0.15, 0.2) is 5.78 Å². The molecule has 4 N–H and O–H groups in total. The number of hydrogen-bond donors (Lipinski definition) is 4. The minimum Gasteiger partial charge on any atom is -0.490 e. The van der Waals surface area contributed by atoms with Crippen molar-refractivity contribution in [2.45, 2.75) is 105 Å². The number of ether oxygens (including phenoxy) is 3. The van der Waals surface area contributed by atoms with E-state index in [0.29, 0.717) is 12.0 Å². The molecular formula is C38H60O9. The molecule has 0 saturated carbocycles. The number of methoxy groups -OCH3 is 2. The molecule has 0 aromatic rings. The summed E-state index contributed by atoms with van der Waals surface area (Å²) in [4.78, 5) is 26.6. The third-order valence-corrected chi connectivity index (χ3v) is 9.18. The molecular weight excluding hydrogens is 600 g/mol. The molecule has 47 heavy (non-hydrogen) atoms. The summed E-state index contributed by atoms with van der Waals surface area (Å²) >= 11 is 0. The van der Waals surface area contributed by atoms with E-state index < -0.39 is 60.3 Å². The van der Waals surface area contributed by atoms with E-state index in [2.05, 4.69) is 0 Å². The van der Waals surface area contributed by atoms with Crippen molar-refractivity contribution in [2.24, 2.45) is 35.5 Å². The molecule has 0 spiro atoms. The van der Waals surface area contributed by atoms with Crippen molar-refractivity contribution in [1.29, 1.82) is 0 Å². The first-order valence-corrected chi connectivity index (χ1v) is 16.6. The van der Waals surface area contributed by atoms with Gasteiger partial charge in [0.25, 0.3) is 0 Å². The molecule has 1 rings (SSSR count). The number of aliphatic hydroxyl groups excluding tert-OH is 4. The van der Waals surface area contributed by atoms with Crippen LogP contribution in [0.25, 0.3) is 0 Å². The van der Waals surface area contributed by atoms with Crippen molar-refractivity contribution in [3.05, 3.63) is 71.6 Å². The average Bonchev–Trinajstić information content (AvgIpc) is 3.04. The molecule has 0 aromatic carbocycles. The maximum atomic E-state index is 13.5. The van der Waals surface area contributed by atoms with Crippen LogP contribution < -0.4 is 0 Å². The van der Waals surface area contributed by atoms with Crippen LogP contribution in [0.2, 0.25) is 0 Å². The van der Waals surface area contributed by atoms with Crippen LogP contribution in [0.1, 0.15) is 68.7 Å². The molecule has 1 aliphatic rings. The summed E-state index contributed by atoms with van der Waals surface area (Å²) in [7, 11) is 2.82. The van der Waals surface area contributed by atoms with Crippen LogP contribution in [0.3, 0.4) is 0 Å². The van der Waals surface area contributed by atoms with E-state index in [-0.39, 0.29) is 29.3 Å². The predicted molar refractivity (Wildman–Crippen MR) is 185 cm³/mol. The smallest absolute Gasteiger partial charge is 0.373 e. The van der Waals surface area contributed by atoms with E-state index in [1.54, 1.807) is 65.0 Å². The van der Waals surface area contributed by atoms with Crippen molar-refractivity contribution in [1.82, 2.24) is 0 Å². The van der Waals surface area contributed by atoms with E-state index in [9.17, 15) is 30.0 Å². The van der Waals surface area contributed by atoms with Crippen molar-refractivity contribution < 1.29 is 44.2 Å². The Bertz CT molecular complexity index is 1180. The molecule has 9 nitrogen and oxygen atoms in total. The fourth-order valence-electron chi connectivity index (χ4n) is 5.87. The molecule has 12 atom stereocenters. The van der Waals surface area contributed by atoms with Gasteiger partial charge in [0.1, 0.15) is 12.2 Å². The first-order chi connectivity index (χ1) is 22.0. The number of hydrogen-bond acceptors (Lipinski definition) is 9. The second-order valence-electron chi connectivity index (χ2n) is 13.2. The van der Waals surface area contributed by atoms with Crippen LogP contribution in [0.15, 0.2) is 71.6 Å². The standard InChI is InChI=1S/C38H60O9/c1-12-14-30(39)24(4)17-18-31(40)27(7)36(43)29(9)37-32(45-10)16-13-15-22(2)19-25(5)34(41)28(8)35(42)26(6)20-23(3)21-33(46-11)38(44)47-37/h12-18,20-21,24-30,32,34-37,39,41-43H,19H2,1-11H3/b14-12+,16-13?,18-17+,22-15?,23-20?,33-21?/t24-,25+,26+,27+,28-,29-,30+,32-,34-,35+,36-,37+/m0/s1. The molecule has 0 radical (unpaired) electrons. The Morgan fingerprint density at radius 2 is 1.68 bits per heavy atom. The normalized spacial score (nSPS) is 30.7. The Labute approximate surface area is 282 Å². The number of rotatable bonds is 10. The van der Waals surface area contributed by atoms with Crippen molar-refractivity contribution in [3.63, 3.8) is 0 Å². The number of allylic oxidation sites excluding steroid dienone is 7. The van der Waals surface area contributed by atoms with E-state index in [0.717, 1.165) is 5.57 Å². The number of aliphatic hydroxyl groups is 4. The number of carbonyl (C=O) groups excluding carboxylic acids is 2. The molecule has 266 valence electrons. The number of ketones is 1. The topological polar surface area (TPSA) is 143 Å². The number of esters is 1. The van der Waals surface area contributed by atoms with Crippen molar-refractivity contribution in [3.8, 4) is 0 Å². The third kappa shape index (κ3) is 13.0. The summed E-state index contributed by atoms with van der Waals surface area (Å²) in [6, 6.07) is 0. The van der Waals surface area contributed by atoms with E-state index in [1.807, 2.05) is 39.8 Å². The zero-order chi connectivity index (χ0) is 36.0. The van der Waals surface area contributed by atoms with Gasteiger partial charge < -0.3 is 34.6 Å². The minimum atomic E-state index is -1.22. The van der Waals surface area contributed by atoms with Crippen LogP contribution in [0, 0.1) is 35.5 Å². The van der Waals surface area contributed by atoms with Crippen LogP contribution in [-0.2, 0) is 23.8 Å².